The van der Waals surface area contributed by atoms with Crippen LogP contribution in [0.2, 0.25) is 5.02 Å². The molecule has 3 heterocycles. The molecule has 2 aromatic carbocycles. The molecule has 0 radical (unpaired) electrons. The van der Waals surface area contributed by atoms with Crippen LogP contribution in [-0.2, 0) is 35.5 Å². The number of nitrogens with zero attached hydrogens (tertiary/aromatic N) is 5. The number of hydrogen-bond donors (Lipinski definition) is 4. The first-order valence-electron chi connectivity index (χ1n) is 17.7. The van der Waals surface area contributed by atoms with Gasteiger partial charge in [-0.3, -0.25) is 19.0 Å². The van der Waals surface area contributed by atoms with Crippen LogP contribution in [-0.4, -0.2) is 58.3 Å². The summed E-state index contributed by atoms with van der Waals surface area (Å²) < 4.78 is 89.9. The zero-order chi connectivity index (χ0) is 41.3. The van der Waals surface area contributed by atoms with Crippen molar-refractivity contribution in [3.63, 3.8) is 0 Å². The summed E-state index contributed by atoms with van der Waals surface area (Å²) in [4.78, 5) is 31.1. The molecule has 4 N–H and O–H groups in total. The number of hydrogen-bond acceptors (Lipinski definition) is 7. The third-order valence-electron chi connectivity index (χ3n) is 9.76. The van der Waals surface area contributed by atoms with Crippen LogP contribution in [0.1, 0.15) is 79.5 Å². The summed E-state index contributed by atoms with van der Waals surface area (Å²) >= 11 is 6.62. The number of nitrogens with one attached hydrogen (secondary N) is 2. The number of carbonyl (C=O) groups is 2. The van der Waals surface area contributed by atoms with E-state index in [0.29, 0.717) is 21.8 Å². The van der Waals surface area contributed by atoms with Gasteiger partial charge in [0.1, 0.15) is 47.0 Å². The predicted octanol–water partition coefficient (Wildman–Crippen LogP) is 6.45. The van der Waals surface area contributed by atoms with Crippen molar-refractivity contribution in [3.8, 4) is 23.0 Å². The molecule has 298 valence electrons. The Balaban J connectivity index is 1.38. The summed E-state index contributed by atoms with van der Waals surface area (Å²) in [5.74, 6) is -3.64. The van der Waals surface area contributed by atoms with Gasteiger partial charge in [0.15, 0.2) is 5.82 Å². The molecule has 11 nitrogen and oxygen atoms in total. The molecule has 2 aliphatic carbocycles. The smallest absolute Gasteiger partial charge is 0.293 e. The number of amides is 2. The summed E-state index contributed by atoms with van der Waals surface area (Å²) in [7, 11) is 1.56. The quantitative estimate of drug-likeness (QED) is 0.0937. The molecule has 4 atom stereocenters. The van der Waals surface area contributed by atoms with Crippen LogP contribution in [0, 0.1) is 29.4 Å². The van der Waals surface area contributed by atoms with Gasteiger partial charge in [-0.2, -0.15) is 19.0 Å². The topological polar surface area (TPSA) is 147 Å². The maximum atomic E-state index is 15.4. The van der Waals surface area contributed by atoms with Crippen molar-refractivity contribution in [2.75, 3.05) is 5.32 Å². The lowest BCUT2D eigenvalue weighted by molar-refractivity contribution is -0.123. The van der Waals surface area contributed by atoms with E-state index in [2.05, 4.69) is 32.7 Å². The van der Waals surface area contributed by atoms with E-state index in [9.17, 15) is 37.4 Å². The molecule has 2 aliphatic rings. The van der Waals surface area contributed by atoms with E-state index in [0.717, 1.165) is 12.1 Å². The third-order valence-corrected chi connectivity index (χ3v) is 10.1. The SMILES string of the molecule is CC(O)C(=O)Nc1nn(C)c2c(-c3ccc(C#CC(C)(C)O)nc3[C@H](Cc3cc(F)cc(F)c3)NC(=O)Cn3nc(C(F)F)c4c3C(F)(F)[C@@H]3C[C@H]43)ccc(Cl)c12. The second kappa shape index (κ2) is 14.5. The highest BCUT2D eigenvalue weighted by Crippen LogP contribution is 2.68. The van der Waals surface area contributed by atoms with Gasteiger partial charge in [0.25, 0.3) is 18.3 Å². The average molecular weight is 814 g/mol. The fourth-order valence-electron chi connectivity index (χ4n) is 7.29. The Morgan fingerprint density at radius 2 is 1.75 bits per heavy atom. The van der Waals surface area contributed by atoms with E-state index in [1.165, 1.54) is 37.6 Å². The van der Waals surface area contributed by atoms with E-state index in [4.69, 9.17) is 16.6 Å². The fourth-order valence-corrected chi connectivity index (χ4v) is 7.53. The zero-order valence-electron chi connectivity index (χ0n) is 30.6. The average Bonchev–Trinajstić information content (AvgIpc) is 3.65. The van der Waals surface area contributed by atoms with Crippen molar-refractivity contribution in [3.05, 3.63) is 93.0 Å². The summed E-state index contributed by atoms with van der Waals surface area (Å²) in [6, 6.07) is 7.59. The normalized spacial score (nSPS) is 17.8. The lowest BCUT2D eigenvalue weighted by Gasteiger charge is -2.23. The molecule has 1 saturated carbocycles. The molecular formula is C39H34ClF6N7O4. The summed E-state index contributed by atoms with van der Waals surface area (Å²) in [5.41, 5.74) is -2.09. The Labute approximate surface area is 326 Å². The van der Waals surface area contributed by atoms with Crippen LogP contribution >= 0.6 is 11.6 Å². The number of carbonyl (C=O) groups excluding carboxylic acids is 2. The second-order valence-corrected chi connectivity index (χ2v) is 15.1. The molecule has 0 aliphatic heterocycles. The molecule has 1 unspecified atom stereocenters. The number of halogens is 7. The first-order valence-corrected chi connectivity index (χ1v) is 18.0. The van der Waals surface area contributed by atoms with Crippen LogP contribution in [0.4, 0.5) is 32.2 Å². The molecule has 0 bridgehead atoms. The molecule has 0 spiro atoms. The van der Waals surface area contributed by atoms with Crippen molar-refractivity contribution in [2.24, 2.45) is 13.0 Å². The van der Waals surface area contributed by atoms with Crippen molar-refractivity contribution >= 4 is 40.1 Å². The molecule has 5 aromatic rings. The van der Waals surface area contributed by atoms with Crippen molar-refractivity contribution in [1.29, 1.82) is 0 Å². The number of aryl methyl sites for hydroxylation is 1. The number of pyridine rings is 1. The Morgan fingerprint density at radius 1 is 1.07 bits per heavy atom. The molecule has 57 heavy (non-hydrogen) atoms. The Hall–Kier alpha value is -5.44. The van der Waals surface area contributed by atoms with E-state index < -0.39 is 83.3 Å². The van der Waals surface area contributed by atoms with Crippen LogP contribution in [0.5, 0.6) is 0 Å². The number of benzene rings is 2. The van der Waals surface area contributed by atoms with Crippen LogP contribution < -0.4 is 10.6 Å². The minimum absolute atomic E-state index is 0.0110. The molecule has 2 amide bonds. The number of fused-ring (bicyclic) bond motifs is 4. The summed E-state index contributed by atoms with van der Waals surface area (Å²) in [6.07, 6.45) is -4.87. The molecule has 18 heteroatoms. The number of alkyl halides is 4. The standard InChI is InChI=1S/C39H34ClF6N7O4/c1-17(54)37(56)49-36-30-26(40)8-7-23(33(30)52(4)51-36)22-6-5-21(9-10-38(2,3)57)47-31(22)27(13-18-11-19(41)14-20(42)12-18)48-28(55)16-53-34-29(32(50-53)35(43)44)24-15-25(24)39(34,45)46/h5-8,11-12,14,17,24-25,27,35,54,57H,13,15-16H2,1-4H3,(H,48,55)(H,49,51,56)/t17?,24-,25+,27-/m0/s1. The number of aliphatic hydroxyl groups is 2. The van der Waals surface area contributed by atoms with E-state index in [1.54, 1.807) is 19.2 Å². The number of aliphatic hydroxyl groups excluding tert-OH is 1. The van der Waals surface area contributed by atoms with E-state index >= 15 is 8.78 Å². The van der Waals surface area contributed by atoms with Gasteiger partial charge in [-0.05, 0) is 81.3 Å². The largest absolute Gasteiger partial charge is 0.384 e. The van der Waals surface area contributed by atoms with Gasteiger partial charge in [-0.25, -0.2) is 22.5 Å². The maximum Gasteiger partial charge on any atom is 0.293 e. The highest BCUT2D eigenvalue weighted by molar-refractivity contribution is 6.37. The van der Waals surface area contributed by atoms with Gasteiger partial charge < -0.3 is 20.8 Å². The van der Waals surface area contributed by atoms with Crippen molar-refractivity contribution in [2.45, 2.75) is 76.2 Å². The third kappa shape index (κ3) is 7.68. The van der Waals surface area contributed by atoms with Gasteiger partial charge in [-0.1, -0.05) is 23.6 Å². The van der Waals surface area contributed by atoms with Gasteiger partial charge in [0.2, 0.25) is 5.91 Å². The first kappa shape index (κ1) is 39.8. The van der Waals surface area contributed by atoms with Gasteiger partial charge in [0, 0.05) is 35.7 Å². The van der Waals surface area contributed by atoms with Crippen LogP contribution in [0.3, 0.4) is 0 Å². The fraction of sp³-hybridized carbons (Fsp3) is 0.359. The number of aromatic nitrogens is 5. The van der Waals surface area contributed by atoms with Gasteiger partial charge >= 0.3 is 0 Å². The molecular weight excluding hydrogens is 780 g/mol. The number of rotatable bonds is 10. The molecule has 7 rings (SSSR count). The Kier molecular flexibility index (Phi) is 10.1. The second-order valence-electron chi connectivity index (χ2n) is 14.7. The van der Waals surface area contributed by atoms with Crippen molar-refractivity contribution in [1.82, 2.24) is 29.9 Å². The molecule has 0 saturated heterocycles. The van der Waals surface area contributed by atoms with E-state index in [1.807, 2.05) is 0 Å². The lowest BCUT2D eigenvalue weighted by Crippen LogP contribution is -2.35. The summed E-state index contributed by atoms with van der Waals surface area (Å²) in [6.45, 7) is 3.23. The zero-order valence-corrected chi connectivity index (χ0v) is 31.4. The minimum atomic E-state index is -3.50. The summed E-state index contributed by atoms with van der Waals surface area (Å²) in [5, 5.41) is 34.0. The predicted molar refractivity (Wildman–Crippen MR) is 195 cm³/mol. The highest BCUT2D eigenvalue weighted by Gasteiger charge is 2.67. The highest BCUT2D eigenvalue weighted by atomic mass is 35.5. The van der Waals surface area contributed by atoms with E-state index in [-0.39, 0.29) is 57.1 Å². The number of anilines is 1. The first-order chi connectivity index (χ1) is 26.7. The monoisotopic (exact) mass is 813 g/mol. The molecule has 3 aromatic heterocycles. The van der Waals surface area contributed by atoms with Gasteiger partial charge in [0.05, 0.1) is 27.7 Å². The van der Waals surface area contributed by atoms with Crippen LogP contribution in [0.25, 0.3) is 22.0 Å². The van der Waals surface area contributed by atoms with Gasteiger partial charge in [-0.15, -0.1) is 0 Å². The lowest BCUT2D eigenvalue weighted by atomic mass is 9.93. The van der Waals surface area contributed by atoms with Crippen molar-refractivity contribution < 1.29 is 46.1 Å². The minimum Gasteiger partial charge on any atom is -0.384 e. The Bertz CT molecular complexity index is 2500. The maximum absolute atomic E-state index is 15.4. The van der Waals surface area contributed by atoms with Crippen LogP contribution in [0.15, 0.2) is 42.5 Å². The Morgan fingerprint density at radius 3 is 2.40 bits per heavy atom. The molecule has 1 fully saturated rings.